The van der Waals surface area contributed by atoms with Gasteiger partial charge in [0, 0.05) is 11.8 Å². The Hall–Kier alpha value is -1.34. The number of alkyl halides is 3. The molecule has 0 amide bonds. The van der Waals surface area contributed by atoms with Crippen LogP contribution in [0.3, 0.4) is 0 Å². The molecule has 0 saturated heterocycles. The molecule has 2 rings (SSSR count). The first-order valence-corrected chi connectivity index (χ1v) is 9.99. The van der Waals surface area contributed by atoms with Crippen LogP contribution in [-0.4, -0.2) is 18.7 Å². The highest BCUT2D eigenvalue weighted by Gasteiger charge is 2.39. The summed E-state index contributed by atoms with van der Waals surface area (Å²) >= 11 is 0. The molecule has 0 aliphatic heterocycles. The average molecular weight is 330 g/mol. The minimum atomic E-state index is -4.49. The van der Waals surface area contributed by atoms with Crippen LogP contribution in [-0.2, 0) is 22.6 Å². The van der Waals surface area contributed by atoms with Gasteiger partial charge < -0.3 is 4.43 Å². The molecule has 0 N–H and O–H groups in total. The minimum Gasteiger partial charge on any atom is -0.416 e. The highest BCUT2D eigenvalue weighted by molar-refractivity contribution is 6.48. The van der Waals surface area contributed by atoms with Crippen molar-refractivity contribution in [2.24, 2.45) is 0 Å². The Kier molecular flexibility index (Phi) is 4.41. The molecule has 22 heavy (non-hydrogen) atoms. The van der Waals surface area contributed by atoms with E-state index in [4.69, 9.17) is 4.43 Å². The zero-order valence-electron chi connectivity index (χ0n) is 13.5. The number of halogens is 3. The van der Waals surface area contributed by atoms with Crippen molar-refractivity contribution in [1.82, 2.24) is 9.61 Å². The molecule has 0 radical (unpaired) electrons. The summed E-state index contributed by atoms with van der Waals surface area (Å²) < 4.78 is 46.9. The van der Waals surface area contributed by atoms with E-state index in [1.165, 1.54) is 4.52 Å². The number of hydrogen-bond acceptors (Lipinski definition) is 2. The lowest BCUT2D eigenvalue weighted by Crippen LogP contribution is -2.15. The third-order valence-corrected chi connectivity index (χ3v) is 4.22. The van der Waals surface area contributed by atoms with Crippen LogP contribution in [0.4, 0.5) is 13.2 Å². The summed E-state index contributed by atoms with van der Waals surface area (Å²) in [5.41, 5.74) is 0.354. The van der Waals surface area contributed by atoms with Crippen LogP contribution in [0.1, 0.15) is 37.6 Å². The van der Waals surface area contributed by atoms with Gasteiger partial charge in [-0.2, -0.15) is 18.3 Å². The van der Waals surface area contributed by atoms with E-state index in [2.05, 4.69) is 5.10 Å². The van der Waals surface area contributed by atoms with Crippen LogP contribution in [0.15, 0.2) is 18.3 Å². The smallest absolute Gasteiger partial charge is 0.416 e. The van der Waals surface area contributed by atoms with Gasteiger partial charge >= 0.3 is 6.18 Å². The fraction of sp³-hybridized carbons (Fsp3) is 0.533. The van der Waals surface area contributed by atoms with E-state index in [1.54, 1.807) is 12.3 Å². The molecule has 2 aromatic heterocycles. The molecule has 0 atom stereocenters. The topological polar surface area (TPSA) is 26.5 Å². The van der Waals surface area contributed by atoms with Crippen molar-refractivity contribution in [3.8, 4) is 0 Å². The molecule has 122 valence electrons. The number of hydrogen-bond donors (Lipinski definition) is 0. The summed E-state index contributed by atoms with van der Waals surface area (Å²) in [6.07, 6.45) is -2.94. The lowest BCUT2D eigenvalue weighted by atomic mass is 9.86. The van der Waals surface area contributed by atoms with Gasteiger partial charge in [0.2, 0.25) is 0 Å². The number of rotatable bonds is 3. The Balaban J connectivity index is 2.73. The van der Waals surface area contributed by atoms with Gasteiger partial charge in [0.05, 0.1) is 12.1 Å². The van der Waals surface area contributed by atoms with Crippen molar-refractivity contribution in [3.63, 3.8) is 0 Å². The Morgan fingerprint density at radius 1 is 1.23 bits per heavy atom. The highest BCUT2D eigenvalue weighted by atomic mass is 28.3. The standard InChI is InChI=1S/C15H21F3N2OSi/c1-14(2,3)11-7-6-8-20-12(11)10(9-21-22(4)5)13(19-20)15(16,17)18/h6-8,22H,9H2,1-5H3. The monoisotopic (exact) mass is 330 g/mol. The Morgan fingerprint density at radius 3 is 2.36 bits per heavy atom. The molecule has 0 aliphatic carbocycles. The van der Waals surface area contributed by atoms with Crippen LogP contribution < -0.4 is 0 Å². The van der Waals surface area contributed by atoms with Crippen molar-refractivity contribution >= 4 is 14.6 Å². The van der Waals surface area contributed by atoms with Crippen molar-refractivity contribution in [3.05, 3.63) is 35.2 Å². The predicted octanol–water partition coefficient (Wildman–Crippen LogP) is 4.15. The van der Waals surface area contributed by atoms with E-state index >= 15 is 0 Å². The zero-order valence-corrected chi connectivity index (χ0v) is 14.6. The second kappa shape index (κ2) is 5.70. The van der Waals surface area contributed by atoms with Gasteiger partial charge in [0.25, 0.3) is 0 Å². The van der Waals surface area contributed by atoms with Crippen molar-refractivity contribution < 1.29 is 17.6 Å². The Labute approximate surface area is 129 Å². The van der Waals surface area contributed by atoms with Gasteiger partial charge in [0.15, 0.2) is 14.7 Å². The molecule has 0 saturated carbocycles. The largest absolute Gasteiger partial charge is 0.435 e. The maximum atomic E-state index is 13.3. The van der Waals surface area contributed by atoms with Gasteiger partial charge in [-0.3, -0.25) is 0 Å². The Bertz CT molecular complexity index is 672. The summed E-state index contributed by atoms with van der Waals surface area (Å²) in [5, 5.41) is 3.76. The van der Waals surface area contributed by atoms with Crippen LogP contribution in [0.25, 0.3) is 5.52 Å². The molecule has 0 spiro atoms. The first-order chi connectivity index (χ1) is 10.0. The molecule has 0 bridgehead atoms. The van der Waals surface area contributed by atoms with E-state index < -0.39 is 20.9 Å². The van der Waals surface area contributed by atoms with Crippen LogP contribution in [0.5, 0.6) is 0 Å². The Morgan fingerprint density at radius 2 is 1.86 bits per heavy atom. The number of nitrogens with zero attached hydrogens (tertiary/aromatic N) is 2. The first kappa shape index (κ1) is 17.0. The lowest BCUT2D eigenvalue weighted by molar-refractivity contribution is -0.142. The number of pyridine rings is 1. The zero-order chi connectivity index (χ0) is 16.7. The summed E-state index contributed by atoms with van der Waals surface area (Å²) in [6.45, 7) is 9.75. The van der Waals surface area contributed by atoms with Crippen molar-refractivity contribution in [2.75, 3.05) is 0 Å². The number of aromatic nitrogens is 2. The van der Waals surface area contributed by atoms with E-state index in [-0.39, 0.29) is 17.6 Å². The molecule has 0 unspecified atom stereocenters. The fourth-order valence-electron chi connectivity index (χ4n) is 2.38. The lowest BCUT2D eigenvalue weighted by Gasteiger charge is -2.21. The number of fused-ring (bicyclic) bond motifs is 1. The molecule has 0 fully saturated rings. The second-order valence-electron chi connectivity index (χ2n) is 6.65. The van der Waals surface area contributed by atoms with Crippen molar-refractivity contribution in [1.29, 1.82) is 0 Å². The molecule has 0 aromatic carbocycles. The molecular formula is C15H21F3N2OSi. The first-order valence-electron chi connectivity index (χ1n) is 7.21. The quantitative estimate of drug-likeness (QED) is 0.790. The van der Waals surface area contributed by atoms with E-state index in [0.717, 1.165) is 5.56 Å². The predicted molar refractivity (Wildman–Crippen MR) is 82.6 cm³/mol. The van der Waals surface area contributed by atoms with Crippen LogP contribution >= 0.6 is 0 Å². The molecule has 3 nitrogen and oxygen atoms in total. The summed E-state index contributed by atoms with van der Waals surface area (Å²) in [5.74, 6) is 0. The maximum absolute atomic E-state index is 13.3. The SMILES string of the molecule is C[SiH](C)OCc1c(C(F)(F)F)nn2cccc(C(C)(C)C)c12. The van der Waals surface area contributed by atoms with Gasteiger partial charge in [-0.25, -0.2) is 4.52 Å². The molecule has 0 aliphatic rings. The van der Waals surface area contributed by atoms with Gasteiger partial charge in [-0.05, 0) is 30.1 Å². The summed E-state index contributed by atoms with van der Waals surface area (Å²) in [4.78, 5) is 0. The molecule has 7 heteroatoms. The van der Waals surface area contributed by atoms with Crippen LogP contribution in [0.2, 0.25) is 13.1 Å². The summed E-state index contributed by atoms with van der Waals surface area (Å²) in [6, 6.07) is 3.58. The van der Waals surface area contributed by atoms with Gasteiger partial charge in [-0.1, -0.05) is 26.8 Å². The maximum Gasteiger partial charge on any atom is 0.435 e. The van der Waals surface area contributed by atoms with Crippen molar-refractivity contribution in [2.45, 2.75) is 52.1 Å². The second-order valence-corrected chi connectivity index (χ2v) is 9.08. The molecule has 2 heterocycles. The molecular weight excluding hydrogens is 309 g/mol. The van der Waals surface area contributed by atoms with E-state index in [1.807, 2.05) is 39.9 Å². The average Bonchev–Trinajstić information content (AvgIpc) is 2.73. The fourth-order valence-corrected chi connectivity index (χ4v) is 2.88. The molecule has 2 aromatic rings. The third kappa shape index (κ3) is 3.35. The van der Waals surface area contributed by atoms with E-state index in [9.17, 15) is 13.2 Å². The summed E-state index contributed by atoms with van der Waals surface area (Å²) in [7, 11) is -1.43. The normalized spacial score (nSPS) is 13.3. The third-order valence-electron chi connectivity index (χ3n) is 3.39. The minimum absolute atomic E-state index is 0.0463. The highest BCUT2D eigenvalue weighted by Crippen LogP contribution is 2.37. The van der Waals surface area contributed by atoms with Crippen LogP contribution in [0, 0.1) is 0 Å². The van der Waals surface area contributed by atoms with Gasteiger partial charge in [-0.15, -0.1) is 0 Å². The van der Waals surface area contributed by atoms with Gasteiger partial charge in [0.1, 0.15) is 0 Å². The van der Waals surface area contributed by atoms with E-state index in [0.29, 0.717) is 5.52 Å².